The molecule has 3 aromatic carbocycles. The van der Waals surface area contributed by atoms with E-state index in [4.69, 9.17) is 15.9 Å². The molecule has 1 aliphatic rings. The quantitative estimate of drug-likeness (QED) is 0.342. The smallest absolute Gasteiger partial charge is 0.421 e. The van der Waals surface area contributed by atoms with Gasteiger partial charge in [0, 0.05) is 29.8 Å². The molecule has 3 amide bonds. The molecule has 0 bridgehead atoms. The van der Waals surface area contributed by atoms with Crippen LogP contribution in [0.4, 0.5) is 16.2 Å². The van der Waals surface area contributed by atoms with Gasteiger partial charge >= 0.3 is 6.09 Å². The van der Waals surface area contributed by atoms with Crippen molar-refractivity contribution in [1.29, 1.82) is 5.41 Å². The summed E-state index contributed by atoms with van der Waals surface area (Å²) in [5.41, 5.74) is 10.5. The minimum absolute atomic E-state index is 0.00808. The number of carbonyl (C=O) groups excluding carboxylic acids is 3. The number of hydrogen-bond acceptors (Lipinski definition) is 5. The van der Waals surface area contributed by atoms with E-state index in [2.05, 4.69) is 0 Å². The number of hydrogen-bond donors (Lipinski definition) is 2. The van der Waals surface area contributed by atoms with Crippen molar-refractivity contribution in [3.63, 3.8) is 0 Å². The molecule has 8 nitrogen and oxygen atoms in total. The highest BCUT2D eigenvalue weighted by molar-refractivity contribution is 6.19. The number of benzene rings is 3. The number of para-hydroxylation sites is 1. The van der Waals surface area contributed by atoms with Crippen LogP contribution in [-0.4, -0.2) is 36.9 Å². The summed E-state index contributed by atoms with van der Waals surface area (Å²) in [7, 11) is 0. The Labute approximate surface area is 222 Å². The van der Waals surface area contributed by atoms with Crippen LogP contribution in [0.15, 0.2) is 66.7 Å². The van der Waals surface area contributed by atoms with Crippen LogP contribution < -0.4 is 15.5 Å². The van der Waals surface area contributed by atoms with Gasteiger partial charge in [0.2, 0.25) is 5.91 Å². The highest BCUT2D eigenvalue weighted by Crippen LogP contribution is 2.30. The second-order valence-corrected chi connectivity index (χ2v) is 9.23. The second-order valence-electron chi connectivity index (χ2n) is 9.23. The summed E-state index contributed by atoms with van der Waals surface area (Å²) in [6.07, 6.45) is 1.70. The summed E-state index contributed by atoms with van der Waals surface area (Å²) >= 11 is 0. The molecule has 0 aromatic heterocycles. The van der Waals surface area contributed by atoms with Gasteiger partial charge in [0.25, 0.3) is 5.91 Å². The van der Waals surface area contributed by atoms with Gasteiger partial charge < -0.3 is 15.4 Å². The van der Waals surface area contributed by atoms with E-state index in [9.17, 15) is 14.4 Å². The van der Waals surface area contributed by atoms with Gasteiger partial charge in [-0.2, -0.15) is 0 Å². The Morgan fingerprint density at radius 1 is 1.03 bits per heavy atom. The zero-order chi connectivity index (χ0) is 27.2. The molecule has 1 aliphatic heterocycles. The van der Waals surface area contributed by atoms with Crippen molar-refractivity contribution in [2.45, 2.75) is 39.5 Å². The average molecular weight is 513 g/mol. The van der Waals surface area contributed by atoms with E-state index in [1.54, 1.807) is 54.3 Å². The molecule has 3 aromatic rings. The highest BCUT2D eigenvalue weighted by Gasteiger charge is 2.29. The fraction of sp³-hybridized carbons (Fsp3) is 0.267. The van der Waals surface area contributed by atoms with Crippen LogP contribution in [-0.2, 0) is 22.4 Å². The molecule has 0 spiro atoms. The number of amidine groups is 1. The molecule has 196 valence electrons. The van der Waals surface area contributed by atoms with E-state index in [0.717, 1.165) is 40.1 Å². The van der Waals surface area contributed by atoms with E-state index in [1.165, 1.54) is 0 Å². The van der Waals surface area contributed by atoms with Gasteiger partial charge in [-0.15, -0.1) is 0 Å². The number of rotatable bonds is 7. The third kappa shape index (κ3) is 5.75. The predicted molar refractivity (Wildman–Crippen MR) is 148 cm³/mol. The zero-order valence-corrected chi connectivity index (χ0v) is 21.7. The van der Waals surface area contributed by atoms with Crippen molar-refractivity contribution in [2.24, 2.45) is 5.73 Å². The molecule has 3 N–H and O–H groups in total. The van der Waals surface area contributed by atoms with Gasteiger partial charge in [-0.25, -0.2) is 9.69 Å². The Balaban J connectivity index is 1.53. The number of ether oxygens (including phenoxy) is 1. The lowest BCUT2D eigenvalue weighted by Crippen LogP contribution is -2.38. The normalized spacial score (nSPS) is 12.4. The molecule has 0 fully saturated rings. The monoisotopic (exact) mass is 512 g/mol. The lowest BCUT2D eigenvalue weighted by Gasteiger charge is -2.30. The Morgan fingerprint density at radius 3 is 2.42 bits per heavy atom. The summed E-state index contributed by atoms with van der Waals surface area (Å²) in [6, 6.07) is 19.8. The van der Waals surface area contributed by atoms with Crippen LogP contribution in [0.5, 0.6) is 0 Å². The van der Waals surface area contributed by atoms with E-state index in [0.29, 0.717) is 36.2 Å². The summed E-state index contributed by atoms with van der Waals surface area (Å²) in [6.45, 7) is 4.30. The van der Waals surface area contributed by atoms with Crippen LogP contribution in [0.1, 0.15) is 52.4 Å². The molecule has 0 unspecified atom stereocenters. The highest BCUT2D eigenvalue weighted by atomic mass is 16.6. The molecule has 0 saturated carbocycles. The fourth-order valence-electron chi connectivity index (χ4n) is 4.65. The first-order chi connectivity index (χ1) is 18.3. The number of imide groups is 1. The molecule has 0 aliphatic carbocycles. The first-order valence-electron chi connectivity index (χ1n) is 12.7. The number of nitrogens with zero attached hydrogens (tertiary/aromatic N) is 2. The first kappa shape index (κ1) is 26.6. The maximum atomic E-state index is 13.6. The molecular weight excluding hydrogens is 480 g/mol. The zero-order valence-electron chi connectivity index (χ0n) is 21.7. The average Bonchev–Trinajstić information content (AvgIpc) is 2.92. The number of nitrogen functional groups attached to an aromatic ring is 1. The molecule has 4 rings (SSSR count). The number of nitrogens with two attached hydrogens (primary N) is 1. The Bertz CT molecular complexity index is 1370. The topological polar surface area (TPSA) is 117 Å². The van der Waals surface area contributed by atoms with Gasteiger partial charge in [-0.1, -0.05) is 42.5 Å². The van der Waals surface area contributed by atoms with Crippen molar-refractivity contribution < 1.29 is 19.1 Å². The van der Waals surface area contributed by atoms with Gasteiger partial charge in [-0.05, 0) is 74.1 Å². The predicted octanol–water partition coefficient (Wildman–Crippen LogP) is 4.99. The van der Waals surface area contributed by atoms with Crippen LogP contribution in [0.25, 0.3) is 0 Å². The number of amides is 3. The molecule has 1 heterocycles. The van der Waals surface area contributed by atoms with Crippen molar-refractivity contribution >= 4 is 35.1 Å². The largest absolute Gasteiger partial charge is 0.449 e. The van der Waals surface area contributed by atoms with Crippen molar-refractivity contribution in [3.8, 4) is 0 Å². The molecule has 8 heteroatoms. The van der Waals surface area contributed by atoms with Gasteiger partial charge in [0.1, 0.15) is 5.84 Å². The maximum Gasteiger partial charge on any atom is 0.421 e. The van der Waals surface area contributed by atoms with E-state index < -0.39 is 12.0 Å². The SMILES string of the molecule is CCOC(=O)N(C(=O)c1ccc2c(c1)CCCN2C(=O)CCc1ccc(C(=N)N)cc1)c1ccccc1C. The summed E-state index contributed by atoms with van der Waals surface area (Å²) in [5.74, 6) is -0.452. The fourth-order valence-corrected chi connectivity index (χ4v) is 4.65. The number of fused-ring (bicyclic) bond motifs is 1. The second kappa shape index (κ2) is 11.7. The number of carbonyl (C=O) groups is 3. The number of anilines is 2. The van der Waals surface area contributed by atoms with Crippen molar-refractivity contribution in [2.75, 3.05) is 23.0 Å². The van der Waals surface area contributed by atoms with E-state index >= 15 is 0 Å². The van der Waals surface area contributed by atoms with E-state index in [1.807, 2.05) is 31.2 Å². The van der Waals surface area contributed by atoms with Crippen LogP contribution in [0.2, 0.25) is 0 Å². The summed E-state index contributed by atoms with van der Waals surface area (Å²) < 4.78 is 5.20. The third-order valence-electron chi connectivity index (χ3n) is 6.65. The van der Waals surface area contributed by atoms with Gasteiger partial charge in [0.15, 0.2) is 0 Å². The molecule has 0 atom stereocenters. The third-order valence-corrected chi connectivity index (χ3v) is 6.65. The van der Waals surface area contributed by atoms with Crippen LogP contribution >= 0.6 is 0 Å². The van der Waals surface area contributed by atoms with Gasteiger partial charge in [0.05, 0.1) is 12.3 Å². The maximum absolute atomic E-state index is 13.6. The Kier molecular flexibility index (Phi) is 8.21. The Morgan fingerprint density at radius 2 is 1.74 bits per heavy atom. The standard InChI is InChI=1S/C30H32N4O4/c1-3-38-30(37)34(25-9-5-4-7-20(25)2)29(36)24-15-16-26-23(19-24)8-6-18-33(26)27(35)17-12-21-10-13-22(14-11-21)28(31)32/h4-5,7,9-11,13-16,19H,3,6,8,12,17-18H2,1-2H3,(H3,31,32). The molecule has 38 heavy (non-hydrogen) atoms. The number of nitrogens with one attached hydrogen (secondary N) is 1. The molecular formula is C30H32N4O4. The summed E-state index contributed by atoms with van der Waals surface area (Å²) in [5, 5.41) is 7.51. The first-order valence-corrected chi connectivity index (χ1v) is 12.7. The minimum atomic E-state index is -0.724. The molecule has 0 radical (unpaired) electrons. The minimum Gasteiger partial charge on any atom is -0.449 e. The van der Waals surface area contributed by atoms with Crippen LogP contribution in [0, 0.1) is 12.3 Å². The number of aryl methyl sites for hydroxylation is 3. The van der Waals surface area contributed by atoms with Crippen LogP contribution in [0.3, 0.4) is 0 Å². The summed E-state index contributed by atoms with van der Waals surface area (Å²) in [4.78, 5) is 42.4. The lowest BCUT2D eigenvalue weighted by molar-refractivity contribution is -0.118. The van der Waals surface area contributed by atoms with Crippen molar-refractivity contribution in [3.05, 3.63) is 94.5 Å². The van der Waals surface area contributed by atoms with E-state index in [-0.39, 0.29) is 18.3 Å². The van der Waals surface area contributed by atoms with Crippen molar-refractivity contribution in [1.82, 2.24) is 0 Å². The van der Waals surface area contributed by atoms with Gasteiger partial charge in [-0.3, -0.25) is 15.0 Å². The molecule has 0 saturated heterocycles. The Hall–Kier alpha value is -4.46. The lowest BCUT2D eigenvalue weighted by atomic mass is 9.97.